The smallest absolute Gasteiger partial charge is 0.338 e. The number of carbonyl (C=O) groups excluding carboxylic acids is 2. The van der Waals surface area contributed by atoms with E-state index in [1.54, 1.807) is 24.6 Å². The summed E-state index contributed by atoms with van der Waals surface area (Å²) < 4.78 is 47.5. The van der Waals surface area contributed by atoms with Crippen LogP contribution in [0.3, 0.4) is 0 Å². The minimum Gasteiger partial charge on any atom is -0.744 e. The van der Waals surface area contributed by atoms with Crippen LogP contribution in [-0.4, -0.2) is 63.8 Å². The summed E-state index contributed by atoms with van der Waals surface area (Å²) in [6.45, 7) is 9.42. The van der Waals surface area contributed by atoms with E-state index in [0.717, 1.165) is 12.1 Å². The Kier molecular flexibility index (Phi) is 17.6. The SMILES string of the molecule is CCCC[P+](CCCC)(CCCC)CCCC.COC(=O)c1cc(Oc2ccc(S(=O)(=O)[O-])cc2)cc(C(=O)OC)c1. The Morgan fingerprint density at radius 2 is 1.05 bits per heavy atom. The van der Waals surface area contributed by atoms with Crippen LogP contribution < -0.4 is 4.74 Å². The van der Waals surface area contributed by atoms with Gasteiger partial charge in [-0.05, 0) is 68.1 Å². The van der Waals surface area contributed by atoms with E-state index in [9.17, 15) is 22.6 Å². The van der Waals surface area contributed by atoms with Gasteiger partial charge in [0.05, 0.1) is 54.9 Å². The van der Waals surface area contributed by atoms with Crippen molar-refractivity contribution in [2.24, 2.45) is 0 Å². The maximum Gasteiger partial charge on any atom is 0.338 e. The average Bonchev–Trinajstić information content (AvgIpc) is 2.99. The summed E-state index contributed by atoms with van der Waals surface area (Å²) in [5.74, 6) is -1.03. The fraction of sp³-hybridized carbons (Fsp3) is 0.562. The Morgan fingerprint density at radius 1 is 0.667 bits per heavy atom. The first-order valence-corrected chi connectivity index (χ1v) is 18.8. The van der Waals surface area contributed by atoms with E-state index >= 15 is 0 Å². The van der Waals surface area contributed by atoms with Crippen LogP contribution in [0.25, 0.3) is 0 Å². The minimum absolute atomic E-state index is 0.0687. The standard InChI is InChI=1S/C16H14O8S.C16H36P/c1-22-15(17)10-7-11(16(18)23-2)9-13(8-10)24-12-3-5-14(6-4-12)25(19,20)21;1-5-9-13-17(14-10-6-2,15-11-7-3)16-12-8-4/h3-9H,1-2H3,(H,19,20,21);5-16H2,1-4H3/q;+1/p-1. The number of esters is 2. The molecule has 0 aromatic heterocycles. The van der Waals surface area contributed by atoms with Gasteiger partial charge in [0.1, 0.15) is 21.6 Å². The third-order valence-corrected chi connectivity index (χ3v) is 13.0. The predicted octanol–water partition coefficient (Wildman–Crippen LogP) is 8.16. The first-order valence-electron chi connectivity index (χ1n) is 14.9. The van der Waals surface area contributed by atoms with Gasteiger partial charge < -0.3 is 18.8 Å². The third kappa shape index (κ3) is 13.2. The molecule has 0 aliphatic heterocycles. The molecule has 42 heavy (non-hydrogen) atoms. The fourth-order valence-corrected chi connectivity index (χ4v) is 10.3. The molecule has 2 aromatic rings. The van der Waals surface area contributed by atoms with Gasteiger partial charge in [-0.25, -0.2) is 18.0 Å². The number of benzene rings is 2. The second-order valence-electron chi connectivity index (χ2n) is 10.4. The molecule has 0 saturated carbocycles. The maximum atomic E-state index is 11.7. The zero-order chi connectivity index (χ0) is 31.6. The van der Waals surface area contributed by atoms with Gasteiger partial charge in [-0.3, -0.25) is 0 Å². The van der Waals surface area contributed by atoms with E-state index in [4.69, 9.17) is 4.74 Å². The zero-order valence-corrected chi connectivity index (χ0v) is 27.9. The molecule has 2 aromatic carbocycles. The number of carbonyl (C=O) groups is 2. The third-order valence-electron chi connectivity index (χ3n) is 7.04. The van der Waals surface area contributed by atoms with Crippen molar-refractivity contribution in [1.82, 2.24) is 0 Å². The number of hydrogen-bond acceptors (Lipinski definition) is 8. The van der Waals surface area contributed by atoms with Crippen LogP contribution in [0.2, 0.25) is 0 Å². The van der Waals surface area contributed by atoms with Gasteiger partial charge in [0, 0.05) is 7.26 Å². The molecule has 10 heteroatoms. The molecule has 0 spiro atoms. The highest BCUT2D eigenvalue weighted by Crippen LogP contribution is 2.61. The largest absolute Gasteiger partial charge is 0.744 e. The van der Waals surface area contributed by atoms with E-state index in [-0.39, 0.29) is 22.6 Å². The molecule has 0 aliphatic rings. The normalized spacial score (nSPS) is 11.3. The van der Waals surface area contributed by atoms with Crippen molar-refractivity contribution in [2.45, 2.75) is 84.0 Å². The molecule has 0 N–H and O–H groups in total. The van der Waals surface area contributed by atoms with Crippen LogP contribution in [0.5, 0.6) is 11.5 Å². The number of hydrogen-bond donors (Lipinski definition) is 0. The Labute approximate surface area is 253 Å². The van der Waals surface area contributed by atoms with Crippen LogP contribution in [-0.2, 0) is 19.6 Å². The Bertz CT molecular complexity index is 1120. The lowest BCUT2D eigenvalue weighted by molar-refractivity contribution is 0.0598. The van der Waals surface area contributed by atoms with Gasteiger partial charge in [-0.15, -0.1) is 0 Å². The van der Waals surface area contributed by atoms with Crippen LogP contribution in [0.15, 0.2) is 47.4 Å². The number of unbranched alkanes of at least 4 members (excludes halogenated alkanes) is 4. The molecule has 2 rings (SSSR count). The lowest BCUT2D eigenvalue weighted by Gasteiger charge is -2.28. The summed E-state index contributed by atoms with van der Waals surface area (Å²) >= 11 is 0. The molecule has 236 valence electrons. The summed E-state index contributed by atoms with van der Waals surface area (Å²) in [6.07, 6.45) is 17.9. The molecule has 0 unspecified atom stereocenters. The molecule has 0 saturated heterocycles. The number of methoxy groups -OCH3 is 2. The average molecular weight is 625 g/mol. The summed E-state index contributed by atoms with van der Waals surface area (Å²) in [4.78, 5) is 23.0. The van der Waals surface area contributed by atoms with Crippen molar-refractivity contribution in [2.75, 3.05) is 38.9 Å². The maximum absolute atomic E-state index is 11.7. The molecule has 0 bridgehead atoms. The Balaban J connectivity index is 0.000000456. The fourth-order valence-electron chi connectivity index (χ4n) is 4.58. The summed E-state index contributed by atoms with van der Waals surface area (Å²) in [6, 6.07) is 8.69. The summed E-state index contributed by atoms with van der Waals surface area (Å²) in [7, 11) is -2.74. The van der Waals surface area contributed by atoms with Crippen molar-refractivity contribution in [3.05, 3.63) is 53.6 Å². The zero-order valence-electron chi connectivity index (χ0n) is 26.1. The highest BCUT2D eigenvalue weighted by Gasteiger charge is 2.34. The molecule has 8 nitrogen and oxygen atoms in total. The first-order chi connectivity index (χ1) is 20.0. The van der Waals surface area contributed by atoms with E-state index < -0.39 is 34.2 Å². The molecule has 0 radical (unpaired) electrons. The molecule has 0 amide bonds. The molecular weight excluding hydrogens is 575 g/mol. The van der Waals surface area contributed by atoms with Gasteiger partial charge in [0.2, 0.25) is 0 Å². The number of ether oxygens (including phenoxy) is 3. The van der Waals surface area contributed by atoms with E-state index in [1.807, 2.05) is 0 Å². The van der Waals surface area contributed by atoms with Gasteiger partial charge >= 0.3 is 11.9 Å². The highest BCUT2D eigenvalue weighted by atomic mass is 32.2. The second-order valence-corrected chi connectivity index (χ2v) is 16.3. The first kappa shape index (κ1) is 37.5. The quantitative estimate of drug-likeness (QED) is 0.0982. The Hall–Kier alpha value is -2.48. The molecule has 0 fully saturated rings. The van der Waals surface area contributed by atoms with Crippen molar-refractivity contribution >= 4 is 29.3 Å². The van der Waals surface area contributed by atoms with Crippen LogP contribution in [0, 0.1) is 0 Å². The van der Waals surface area contributed by atoms with Gasteiger partial charge in [-0.2, -0.15) is 0 Å². The topological polar surface area (TPSA) is 119 Å². The Morgan fingerprint density at radius 3 is 1.36 bits per heavy atom. The molecular formula is C32H49O8PS. The van der Waals surface area contributed by atoms with E-state index in [2.05, 4.69) is 37.2 Å². The van der Waals surface area contributed by atoms with Crippen molar-refractivity contribution in [3.63, 3.8) is 0 Å². The molecule has 0 atom stereocenters. The van der Waals surface area contributed by atoms with Crippen LogP contribution in [0.1, 0.15) is 99.8 Å². The lowest BCUT2D eigenvalue weighted by Crippen LogP contribution is -2.12. The van der Waals surface area contributed by atoms with Crippen LogP contribution in [0.4, 0.5) is 0 Å². The van der Waals surface area contributed by atoms with Gasteiger partial charge in [0.25, 0.3) is 0 Å². The van der Waals surface area contributed by atoms with E-state index in [0.29, 0.717) is 0 Å². The van der Waals surface area contributed by atoms with Crippen molar-refractivity contribution in [3.8, 4) is 11.5 Å². The number of rotatable bonds is 17. The van der Waals surface area contributed by atoms with E-state index in [1.165, 1.54) is 95.9 Å². The van der Waals surface area contributed by atoms with Crippen molar-refractivity contribution in [1.29, 1.82) is 0 Å². The van der Waals surface area contributed by atoms with Gasteiger partial charge in [-0.1, -0.05) is 53.4 Å². The molecule has 0 aliphatic carbocycles. The summed E-state index contributed by atoms with van der Waals surface area (Å²) in [5.41, 5.74) is 0.137. The van der Waals surface area contributed by atoms with Crippen LogP contribution >= 0.6 is 7.26 Å². The highest BCUT2D eigenvalue weighted by molar-refractivity contribution is 7.85. The monoisotopic (exact) mass is 624 g/mol. The second kappa shape index (κ2) is 19.7. The van der Waals surface area contributed by atoms with Crippen molar-refractivity contribution < 1.29 is 36.8 Å². The lowest BCUT2D eigenvalue weighted by atomic mass is 10.1. The molecule has 0 heterocycles. The minimum atomic E-state index is -4.56. The predicted molar refractivity (Wildman–Crippen MR) is 170 cm³/mol. The van der Waals surface area contributed by atoms with Gasteiger partial charge in [0.15, 0.2) is 0 Å². The summed E-state index contributed by atoms with van der Waals surface area (Å²) in [5, 5.41) is 0.